The Labute approximate surface area is 348 Å². The van der Waals surface area contributed by atoms with E-state index in [1.807, 2.05) is 79.7 Å². The van der Waals surface area contributed by atoms with Gasteiger partial charge in [-0.15, -0.1) is 0 Å². The summed E-state index contributed by atoms with van der Waals surface area (Å²) in [6, 6.07) is 54.9. The molecule has 6 nitrogen and oxygen atoms in total. The van der Waals surface area contributed by atoms with Gasteiger partial charge in [0, 0.05) is 93.7 Å². The van der Waals surface area contributed by atoms with E-state index in [0.29, 0.717) is 12.6 Å². The SMILES string of the molecule is CN(C)C(=O)N1CCN(Cc2ccc(-c3ccccc3Cl)cc2)CC1c1ccccc1.Clc1ccccc1-c1ccc(CN2CCNC(c3ccccc3)C2)cc1. The second kappa shape index (κ2) is 19.5. The van der Waals surface area contributed by atoms with Crippen LogP contribution in [-0.4, -0.2) is 79.0 Å². The van der Waals surface area contributed by atoms with Crippen LogP contribution in [-0.2, 0) is 13.1 Å². The quantitative estimate of drug-likeness (QED) is 0.167. The minimum absolute atomic E-state index is 0.0484. The van der Waals surface area contributed by atoms with Gasteiger partial charge in [0.2, 0.25) is 0 Å². The van der Waals surface area contributed by atoms with Crippen molar-refractivity contribution in [3.8, 4) is 22.3 Å². The Hall–Kier alpha value is -4.95. The zero-order valence-corrected chi connectivity index (χ0v) is 34.3. The molecule has 2 unspecified atom stereocenters. The first-order valence-electron chi connectivity index (χ1n) is 19.8. The number of urea groups is 1. The molecule has 6 aromatic carbocycles. The Morgan fingerprint density at radius 2 is 1.05 bits per heavy atom. The van der Waals surface area contributed by atoms with Crippen LogP contribution in [0.2, 0.25) is 10.0 Å². The van der Waals surface area contributed by atoms with Crippen molar-refractivity contribution in [1.82, 2.24) is 24.9 Å². The molecule has 8 heteroatoms. The number of benzene rings is 6. The van der Waals surface area contributed by atoms with Crippen LogP contribution in [0.4, 0.5) is 4.79 Å². The summed E-state index contributed by atoms with van der Waals surface area (Å²) in [5.41, 5.74) is 9.58. The predicted molar refractivity (Wildman–Crippen MR) is 236 cm³/mol. The van der Waals surface area contributed by atoms with E-state index in [-0.39, 0.29) is 12.1 Å². The molecule has 2 aliphatic rings. The number of hydrogen-bond acceptors (Lipinski definition) is 4. The fourth-order valence-corrected chi connectivity index (χ4v) is 8.27. The van der Waals surface area contributed by atoms with Gasteiger partial charge in [0.1, 0.15) is 0 Å². The highest BCUT2D eigenvalue weighted by Crippen LogP contribution is 2.31. The van der Waals surface area contributed by atoms with Crippen LogP contribution in [0.25, 0.3) is 22.3 Å². The number of rotatable bonds is 8. The third kappa shape index (κ3) is 10.5. The first-order valence-corrected chi connectivity index (χ1v) is 20.5. The maximum atomic E-state index is 12.8. The summed E-state index contributed by atoms with van der Waals surface area (Å²) in [4.78, 5) is 21.4. The summed E-state index contributed by atoms with van der Waals surface area (Å²) in [5.74, 6) is 0. The molecule has 0 aliphatic carbocycles. The van der Waals surface area contributed by atoms with E-state index in [4.69, 9.17) is 23.2 Å². The Kier molecular flexibility index (Phi) is 13.7. The van der Waals surface area contributed by atoms with E-state index in [1.54, 1.807) is 4.90 Å². The normalized spacial score (nSPS) is 17.4. The largest absolute Gasteiger partial charge is 0.331 e. The molecule has 0 bridgehead atoms. The van der Waals surface area contributed by atoms with Gasteiger partial charge in [-0.25, -0.2) is 4.79 Å². The highest BCUT2D eigenvalue weighted by molar-refractivity contribution is 6.33. The lowest BCUT2D eigenvalue weighted by molar-refractivity contribution is 0.0776. The van der Waals surface area contributed by atoms with Crippen LogP contribution in [0.5, 0.6) is 0 Å². The Bertz CT molecular complexity index is 2180. The first-order chi connectivity index (χ1) is 27.8. The summed E-state index contributed by atoms with van der Waals surface area (Å²) in [6.45, 7) is 7.37. The van der Waals surface area contributed by atoms with E-state index >= 15 is 0 Å². The van der Waals surface area contributed by atoms with Gasteiger partial charge in [0.25, 0.3) is 0 Å². The van der Waals surface area contributed by atoms with Crippen molar-refractivity contribution in [2.24, 2.45) is 0 Å². The Balaban J connectivity index is 0.000000177. The molecule has 292 valence electrons. The van der Waals surface area contributed by atoms with Crippen molar-refractivity contribution in [3.63, 3.8) is 0 Å². The maximum absolute atomic E-state index is 12.8. The summed E-state index contributed by atoms with van der Waals surface area (Å²) < 4.78 is 0. The van der Waals surface area contributed by atoms with Crippen LogP contribution in [0.3, 0.4) is 0 Å². The van der Waals surface area contributed by atoms with E-state index in [1.165, 1.54) is 27.8 Å². The number of nitrogens with one attached hydrogen (secondary N) is 1. The molecule has 2 saturated heterocycles. The first kappa shape index (κ1) is 40.3. The molecule has 2 amide bonds. The fraction of sp³-hybridized carbons (Fsp3) is 0.245. The number of nitrogens with zero attached hydrogens (tertiary/aromatic N) is 4. The molecule has 2 aliphatic heterocycles. The van der Waals surface area contributed by atoms with Gasteiger partial charge in [-0.2, -0.15) is 0 Å². The third-order valence-corrected chi connectivity index (χ3v) is 11.5. The summed E-state index contributed by atoms with van der Waals surface area (Å²) in [7, 11) is 3.63. The zero-order valence-electron chi connectivity index (χ0n) is 32.8. The Morgan fingerprint density at radius 1 is 0.579 bits per heavy atom. The van der Waals surface area contributed by atoms with Crippen LogP contribution in [0.1, 0.15) is 34.3 Å². The van der Waals surface area contributed by atoms with Gasteiger partial charge in [0.15, 0.2) is 0 Å². The van der Waals surface area contributed by atoms with E-state index in [9.17, 15) is 4.79 Å². The molecule has 1 N–H and O–H groups in total. The van der Waals surface area contributed by atoms with Gasteiger partial charge in [-0.3, -0.25) is 9.80 Å². The third-order valence-electron chi connectivity index (χ3n) is 10.8. The number of piperazine rings is 2. The van der Waals surface area contributed by atoms with Crippen molar-refractivity contribution < 1.29 is 4.79 Å². The molecule has 6 aromatic rings. The highest BCUT2D eigenvalue weighted by atomic mass is 35.5. The second-order valence-corrected chi connectivity index (χ2v) is 15.9. The molecule has 2 fully saturated rings. The topological polar surface area (TPSA) is 42.1 Å². The minimum Gasteiger partial charge on any atom is -0.331 e. The van der Waals surface area contributed by atoms with Crippen molar-refractivity contribution in [2.75, 3.05) is 53.4 Å². The van der Waals surface area contributed by atoms with Crippen LogP contribution in [0.15, 0.2) is 158 Å². The number of halogens is 2. The molecule has 0 radical (unpaired) electrons. The average molecular weight is 797 g/mol. The van der Waals surface area contributed by atoms with Gasteiger partial charge >= 0.3 is 6.03 Å². The van der Waals surface area contributed by atoms with Gasteiger partial charge in [0.05, 0.1) is 6.04 Å². The van der Waals surface area contributed by atoms with E-state index in [2.05, 4.69) is 112 Å². The molecule has 57 heavy (non-hydrogen) atoms. The minimum atomic E-state index is 0.0484. The molecule has 0 spiro atoms. The van der Waals surface area contributed by atoms with Gasteiger partial charge in [-0.05, 0) is 45.5 Å². The molecule has 0 aromatic heterocycles. The predicted octanol–water partition coefficient (Wildman–Crippen LogP) is 10.7. The number of carbonyl (C=O) groups is 1. The van der Waals surface area contributed by atoms with Crippen LogP contribution < -0.4 is 5.32 Å². The van der Waals surface area contributed by atoms with Crippen LogP contribution in [0, 0.1) is 0 Å². The summed E-state index contributed by atoms with van der Waals surface area (Å²) in [6.07, 6.45) is 0. The lowest BCUT2D eigenvalue weighted by Crippen LogP contribution is -2.52. The zero-order chi connectivity index (χ0) is 39.6. The van der Waals surface area contributed by atoms with Crippen molar-refractivity contribution in [2.45, 2.75) is 25.2 Å². The lowest BCUT2D eigenvalue weighted by atomic mass is 10.0. The van der Waals surface area contributed by atoms with Gasteiger partial charge < -0.3 is 15.1 Å². The summed E-state index contributed by atoms with van der Waals surface area (Å²) in [5, 5.41) is 5.20. The van der Waals surface area contributed by atoms with Crippen LogP contribution >= 0.6 is 23.2 Å². The monoisotopic (exact) mass is 795 g/mol. The molecule has 2 heterocycles. The second-order valence-electron chi connectivity index (χ2n) is 15.0. The standard InChI is InChI=1S/C26H28ClN3O.C23H23ClN2/c1-28(2)26(31)30-17-16-29(19-25(30)22-8-4-3-5-9-22)18-20-12-14-21(15-13-20)23-10-6-7-11-24(23)27;24-22-9-5-4-8-21(22)19-12-10-18(11-13-19)16-26-15-14-25-23(17-26)20-6-2-1-3-7-20/h3-15,25H,16-19H2,1-2H3;1-13,23,25H,14-17H2. The smallest absolute Gasteiger partial charge is 0.320 e. The number of carbonyl (C=O) groups excluding carboxylic acids is 1. The maximum Gasteiger partial charge on any atom is 0.320 e. The molecule has 2 atom stereocenters. The van der Waals surface area contributed by atoms with E-state index in [0.717, 1.165) is 72.5 Å². The summed E-state index contributed by atoms with van der Waals surface area (Å²) >= 11 is 12.7. The fourth-order valence-electron chi connectivity index (χ4n) is 7.78. The average Bonchev–Trinajstić information content (AvgIpc) is 3.25. The molecular formula is C49H51Cl2N5O. The van der Waals surface area contributed by atoms with Crippen molar-refractivity contribution >= 4 is 29.2 Å². The molecule has 0 saturated carbocycles. The van der Waals surface area contributed by atoms with Crippen molar-refractivity contribution in [3.05, 3.63) is 190 Å². The highest BCUT2D eigenvalue weighted by Gasteiger charge is 2.32. The molecular weight excluding hydrogens is 745 g/mol. The number of amides is 2. The molecule has 8 rings (SSSR count). The van der Waals surface area contributed by atoms with Crippen molar-refractivity contribution in [1.29, 1.82) is 0 Å². The lowest BCUT2D eigenvalue weighted by Gasteiger charge is -2.42. The van der Waals surface area contributed by atoms with E-state index < -0.39 is 0 Å². The number of hydrogen-bond donors (Lipinski definition) is 1. The van der Waals surface area contributed by atoms with Gasteiger partial charge in [-0.1, -0.05) is 169 Å². The Morgan fingerprint density at radius 3 is 1.56 bits per heavy atom.